The van der Waals surface area contributed by atoms with Gasteiger partial charge in [0.1, 0.15) is 17.7 Å². The van der Waals surface area contributed by atoms with Crippen LogP contribution in [0.2, 0.25) is 0 Å². The van der Waals surface area contributed by atoms with Crippen LogP contribution in [-0.2, 0) is 9.59 Å². The van der Waals surface area contributed by atoms with Gasteiger partial charge >= 0.3 is 5.97 Å². The van der Waals surface area contributed by atoms with Gasteiger partial charge in [-0.05, 0) is 5.92 Å². The molecule has 0 aromatic heterocycles. The summed E-state index contributed by atoms with van der Waals surface area (Å²) in [5, 5.41) is 26.7. The van der Waals surface area contributed by atoms with Crippen molar-refractivity contribution in [2.45, 2.75) is 19.9 Å². The lowest BCUT2D eigenvalue weighted by molar-refractivity contribution is -0.142. The Morgan fingerprint density at radius 1 is 1.39 bits per heavy atom. The lowest BCUT2D eigenvalue weighted by Gasteiger charge is -2.26. The summed E-state index contributed by atoms with van der Waals surface area (Å²) in [6.45, 7) is 8.71. The third-order valence-electron chi connectivity index (χ3n) is 3.61. The number of nitrogens with one attached hydrogen (secondary N) is 3. The highest BCUT2D eigenvalue weighted by Crippen LogP contribution is 2.03. The van der Waals surface area contributed by atoms with Gasteiger partial charge in [0, 0.05) is 45.5 Å². The molecule has 4 N–H and O–H groups in total. The van der Waals surface area contributed by atoms with Crippen LogP contribution in [0.4, 0.5) is 0 Å². The van der Waals surface area contributed by atoms with E-state index >= 15 is 0 Å². The normalized spacial score (nSPS) is 17.4. The molecule has 0 radical (unpaired) electrons. The number of nitriles is 1. The van der Waals surface area contributed by atoms with Crippen molar-refractivity contribution in [2.24, 2.45) is 5.92 Å². The summed E-state index contributed by atoms with van der Waals surface area (Å²) in [6, 6.07) is 0.780. The number of carbonyl (C=O) groups is 2. The van der Waals surface area contributed by atoms with E-state index in [4.69, 9.17) is 10.4 Å². The third kappa shape index (κ3) is 6.67. The van der Waals surface area contributed by atoms with E-state index in [0.717, 1.165) is 32.7 Å². The maximum Gasteiger partial charge on any atom is 0.326 e. The molecule has 0 spiro atoms. The molecule has 1 saturated heterocycles. The predicted molar refractivity (Wildman–Crippen MR) is 85.4 cm³/mol. The number of carboxylic acid groups (broad SMARTS) is 1. The van der Waals surface area contributed by atoms with Crippen LogP contribution < -0.4 is 16.0 Å². The van der Waals surface area contributed by atoms with Gasteiger partial charge in [-0.15, -0.1) is 0 Å². The van der Waals surface area contributed by atoms with Crippen LogP contribution in [-0.4, -0.2) is 67.2 Å². The average molecular weight is 323 g/mol. The highest BCUT2D eigenvalue weighted by atomic mass is 16.4. The molecular formula is C15H25N5O3. The molecule has 128 valence electrons. The van der Waals surface area contributed by atoms with E-state index in [-0.39, 0.29) is 11.5 Å². The molecule has 0 aromatic rings. The Labute approximate surface area is 136 Å². The molecule has 0 aromatic carbocycles. The quantitative estimate of drug-likeness (QED) is 0.260. The van der Waals surface area contributed by atoms with Crippen molar-refractivity contribution in [1.82, 2.24) is 20.9 Å². The number of aliphatic carboxylic acids is 1. The number of piperazine rings is 1. The van der Waals surface area contributed by atoms with Gasteiger partial charge in [-0.2, -0.15) is 5.26 Å². The molecule has 23 heavy (non-hydrogen) atoms. The number of carboxylic acids is 1. The van der Waals surface area contributed by atoms with Crippen molar-refractivity contribution in [3.8, 4) is 6.07 Å². The average Bonchev–Trinajstić information content (AvgIpc) is 2.52. The molecule has 0 aliphatic carbocycles. The summed E-state index contributed by atoms with van der Waals surface area (Å²) in [7, 11) is 0. The fourth-order valence-corrected chi connectivity index (χ4v) is 2.21. The first-order valence-corrected chi connectivity index (χ1v) is 7.76. The molecule has 0 saturated carbocycles. The maximum absolute atomic E-state index is 12.0. The number of hydrogen-bond donors (Lipinski definition) is 4. The summed E-state index contributed by atoms with van der Waals surface area (Å²) in [4.78, 5) is 25.3. The van der Waals surface area contributed by atoms with Crippen molar-refractivity contribution in [1.29, 1.82) is 5.26 Å². The second-order valence-corrected chi connectivity index (χ2v) is 5.75. The number of nitrogens with zero attached hydrogens (tertiary/aromatic N) is 2. The minimum Gasteiger partial charge on any atom is -0.480 e. The molecule has 8 nitrogen and oxygen atoms in total. The smallest absolute Gasteiger partial charge is 0.326 e. The Bertz CT molecular complexity index is 478. The molecule has 1 aliphatic heterocycles. The monoisotopic (exact) mass is 323 g/mol. The van der Waals surface area contributed by atoms with E-state index in [1.807, 2.05) is 0 Å². The predicted octanol–water partition coefficient (Wildman–Crippen LogP) is -0.886. The molecule has 1 heterocycles. The largest absolute Gasteiger partial charge is 0.480 e. The van der Waals surface area contributed by atoms with Crippen LogP contribution in [0, 0.1) is 17.2 Å². The highest BCUT2D eigenvalue weighted by Gasteiger charge is 2.24. The van der Waals surface area contributed by atoms with Crippen molar-refractivity contribution >= 4 is 11.9 Å². The Morgan fingerprint density at radius 3 is 2.57 bits per heavy atom. The molecule has 1 fully saturated rings. The highest BCUT2D eigenvalue weighted by molar-refractivity contribution is 5.99. The number of carbonyl (C=O) groups excluding carboxylic acids is 1. The molecule has 1 unspecified atom stereocenters. The van der Waals surface area contributed by atoms with Crippen molar-refractivity contribution in [3.05, 3.63) is 11.8 Å². The first kappa shape index (κ1) is 18.9. The van der Waals surface area contributed by atoms with E-state index < -0.39 is 17.9 Å². The van der Waals surface area contributed by atoms with Gasteiger partial charge in [0.2, 0.25) is 0 Å². The molecular weight excluding hydrogens is 298 g/mol. The second-order valence-electron chi connectivity index (χ2n) is 5.75. The number of rotatable bonds is 8. The SMILES string of the molecule is CC(C)C(NC(=O)/C(C#N)=C\NCCN1CCNCC1)C(=O)O. The minimum atomic E-state index is -1.11. The zero-order valence-corrected chi connectivity index (χ0v) is 13.6. The zero-order chi connectivity index (χ0) is 17.2. The van der Waals surface area contributed by atoms with Gasteiger partial charge in [0.15, 0.2) is 0 Å². The summed E-state index contributed by atoms with van der Waals surface area (Å²) in [5.74, 6) is -2.06. The van der Waals surface area contributed by atoms with E-state index in [0.29, 0.717) is 6.54 Å². The van der Waals surface area contributed by atoms with Gasteiger partial charge in [-0.1, -0.05) is 13.8 Å². The Morgan fingerprint density at radius 2 is 2.04 bits per heavy atom. The molecule has 0 bridgehead atoms. The summed E-state index contributed by atoms with van der Waals surface area (Å²) >= 11 is 0. The van der Waals surface area contributed by atoms with Crippen LogP contribution in [0.1, 0.15) is 13.8 Å². The Balaban J connectivity index is 2.45. The summed E-state index contributed by atoms with van der Waals surface area (Å²) in [5.41, 5.74) is -0.128. The Hall–Kier alpha value is -2.11. The fraction of sp³-hybridized carbons (Fsp3) is 0.667. The lowest BCUT2D eigenvalue weighted by Crippen LogP contribution is -2.45. The van der Waals surface area contributed by atoms with E-state index in [1.54, 1.807) is 19.9 Å². The van der Waals surface area contributed by atoms with E-state index in [1.165, 1.54) is 6.20 Å². The number of hydrogen-bond acceptors (Lipinski definition) is 6. The van der Waals surface area contributed by atoms with Crippen LogP contribution in [0.25, 0.3) is 0 Å². The van der Waals surface area contributed by atoms with Gasteiger partial charge in [-0.25, -0.2) is 4.79 Å². The fourth-order valence-electron chi connectivity index (χ4n) is 2.21. The molecule has 1 atom stereocenters. The van der Waals surface area contributed by atoms with Crippen LogP contribution in [0.3, 0.4) is 0 Å². The first-order chi connectivity index (χ1) is 11.0. The third-order valence-corrected chi connectivity index (χ3v) is 3.61. The minimum absolute atomic E-state index is 0.128. The van der Waals surface area contributed by atoms with Crippen LogP contribution in [0.5, 0.6) is 0 Å². The van der Waals surface area contributed by atoms with E-state index in [9.17, 15) is 9.59 Å². The van der Waals surface area contributed by atoms with E-state index in [2.05, 4.69) is 20.9 Å². The molecule has 1 amide bonds. The molecule has 8 heteroatoms. The molecule has 1 aliphatic rings. The van der Waals surface area contributed by atoms with Crippen molar-refractivity contribution in [2.75, 3.05) is 39.3 Å². The Kier molecular flexibility index (Phi) is 8.08. The van der Waals surface area contributed by atoms with Gasteiger partial charge in [0.25, 0.3) is 5.91 Å². The van der Waals surface area contributed by atoms with Crippen molar-refractivity contribution in [3.63, 3.8) is 0 Å². The van der Waals surface area contributed by atoms with Gasteiger partial charge in [0.05, 0.1) is 0 Å². The zero-order valence-electron chi connectivity index (χ0n) is 13.6. The lowest BCUT2D eigenvalue weighted by atomic mass is 10.0. The maximum atomic E-state index is 12.0. The summed E-state index contributed by atoms with van der Waals surface area (Å²) in [6.07, 6.45) is 1.34. The van der Waals surface area contributed by atoms with Gasteiger partial charge in [-0.3, -0.25) is 9.69 Å². The summed E-state index contributed by atoms with van der Waals surface area (Å²) < 4.78 is 0. The standard InChI is InChI=1S/C15H25N5O3/c1-11(2)13(15(22)23)19-14(21)12(9-16)10-18-5-8-20-6-3-17-4-7-20/h10-11,13,17-18H,3-8H2,1-2H3,(H,19,21)(H,22,23)/b12-10-. The first-order valence-electron chi connectivity index (χ1n) is 7.76. The van der Waals surface area contributed by atoms with Gasteiger partial charge < -0.3 is 21.1 Å². The number of amides is 1. The second kappa shape index (κ2) is 9.82. The van der Waals surface area contributed by atoms with Crippen molar-refractivity contribution < 1.29 is 14.7 Å². The molecule has 1 rings (SSSR count). The van der Waals surface area contributed by atoms with Crippen LogP contribution >= 0.6 is 0 Å². The topological polar surface area (TPSA) is 117 Å². The van der Waals surface area contributed by atoms with Crippen LogP contribution in [0.15, 0.2) is 11.8 Å².